The van der Waals surface area contributed by atoms with E-state index in [1.165, 1.54) is 29.4 Å². The van der Waals surface area contributed by atoms with Gasteiger partial charge in [0, 0.05) is 11.6 Å². The highest BCUT2D eigenvalue weighted by molar-refractivity contribution is 5.81. The molecule has 104 valence electrons. The molecule has 21 heavy (non-hydrogen) atoms. The molecule has 0 saturated heterocycles. The lowest BCUT2D eigenvalue weighted by molar-refractivity contribution is 0.706. The molecule has 0 amide bonds. The Morgan fingerprint density at radius 1 is 0.905 bits per heavy atom. The molecule has 4 rings (SSSR count). The fourth-order valence-corrected chi connectivity index (χ4v) is 3.39. The zero-order chi connectivity index (χ0) is 14.1. The molecule has 0 aliphatic heterocycles. The predicted molar refractivity (Wildman–Crippen MR) is 87.4 cm³/mol. The lowest BCUT2D eigenvalue weighted by atomic mass is 10.0. The molecule has 1 aliphatic carbocycles. The summed E-state index contributed by atoms with van der Waals surface area (Å²) in [6.07, 6.45) is 5.75. The van der Waals surface area contributed by atoms with Crippen LogP contribution in [0.2, 0.25) is 0 Å². The standard InChI is InChI=1S/C20H19N/c1-2-6-15(7-3-1)19-14-17(19)11-10-16-12-13-21-20-9-5-4-8-18(16)20/h1-9,12-13,17,19H,10-11,14H2/t17-,19?/m0/s1. The Hall–Kier alpha value is -2.15. The zero-order valence-electron chi connectivity index (χ0n) is 12.1. The van der Waals surface area contributed by atoms with Crippen LogP contribution >= 0.6 is 0 Å². The van der Waals surface area contributed by atoms with Crippen molar-refractivity contribution in [2.45, 2.75) is 25.2 Å². The van der Waals surface area contributed by atoms with Crippen molar-refractivity contribution in [2.24, 2.45) is 5.92 Å². The zero-order valence-corrected chi connectivity index (χ0v) is 12.1. The van der Waals surface area contributed by atoms with Crippen molar-refractivity contribution in [1.82, 2.24) is 4.98 Å². The van der Waals surface area contributed by atoms with Crippen molar-refractivity contribution in [3.8, 4) is 0 Å². The molecule has 1 heteroatoms. The number of aryl methyl sites for hydroxylation is 1. The molecule has 1 aliphatic rings. The Labute approximate surface area is 125 Å². The summed E-state index contributed by atoms with van der Waals surface area (Å²) >= 11 is 0. The van der Waals surface area contributed by atoms with Crippen LogP contribution in [0.5, 0.6) is 0 Å². The second kappa shape index (κ2) is 5.33. The summed E-state index contributed by atoms with van der Waals surface area (Å²) in [5.74, 6) is 1.65. The highest BCUT2D eigenvalue weighted by Crippen LogP contribution is 2.50. The van der Waals surface area contributed by atoms with E-state index in [2.05, 4.69) is 65.6 Å². The Balaban J connectivity index is 1.46. The fourth-order valence-electron chi connectivity index (χ4n) is 3.39. The van der Waals surface area contributed by atoms with Crippen LogP contribution in [0, 0.1) is 5.92 Å². The molecule has 3 aromatic rings. The SMILES string of the molecule is c1ccc(C2C[C@@H]2CCc2ccnc3ccccc23)cc1. The van der Waals surface area contributed by atoms with Gasteiger partial charge in [-0.25, -0.2) is 0 Å². The third kappa shape index (κ3) is 2.56. The summed E-state index contributed by atoms with van der Waals surface area (Å²) in [7, 11) is 0. The Morgan fingerprint density at radius 2 is 1.71 bits per heavy atom. The van der Waals surface area contributed by atoms with E-state index in [9.17, 15) is 0 Å². The maximum Gasteiger partial charge on any atom is 0.0704 e. The number of benzene rings is 2. The first kappa shape index (κ1) is 12.6. The monoisotopic (exact) mass is 273 g/mol. The van der Waals surface area contributed by atoms with Crippen LogP contribution < -0.4 is 0 Å². The maximum atomic E-state index is 4.45. The first-order valence-corrected chi connectivity index (χ1v) is 7.79. The molecule has 1 heterocycles. The molecule has 1 fully saturated rings. The minimum Gasteiger partial charge on any atom is -0.256 e. The van der Waals surface area contributed by atoms with Crippen LogP contribution in [0.4, 0.5) is 0 Å². The topological polar surface area (TPSA) is 12.9 Å². The Morgan fingerprint density at radius 3 is 2.62 bits per heavy atom. The van der Waals surface area contributed by atoms with E-state index < -0.39 is 0 Å². The van der Waals surface area contributed by atoms with E-state index in [0.29, 0.717) is 0 Å². The van der Waals surface area contributed by atoms with Gasteiger partial charge >= 0.3 is 0 Å². The average Bonchev–Trinajstić information content (AvgIpc) is 3.33. The second-order valence-corrected chi connectivity index (χ2v) is 6.04. The Kier molecular flexibility index (Phi) is 3.19. The lowest BCUT2D eigenvalue weighted by Crippen LogP contribution is -1.92. The van der Waals surface area contributed by atoms with Gasteiger partial charge in [-0.1, -0.05) is 48.5 Å². The summed E-state index contributed by atoms with van der Waals surface area (Å²) < 4.78 is 0. The van der Waals surface area contributed by atoms with E-state index >= 15 is 0 Å². The van der Waals surface area contributed by atoms with Crippen molar-refractivity contribution < 1.29 is 0 Å². The highest BCUT2D eigenvalue weighted by Gasteiger charge is 2.37. The minimum absolute atomic E-state index is 0.791. The van der Waals surface area contributed by atoms with Gasteiger partial charge in [0.25, 0.3) is 0 Å². The van der Waals surface area contributed by atoms with Crippen LogP contribution in [-0.4, -0.2) is 4.98 Å². The lowest BCUT2D eigenvalue weighted by Gasteiger charge is -2.06. The van der Waals surface area contributed by atoms with Gasteiger partial charge in [0.15, 0.2) is 0 Å². The summed E-state index contributed by atoms with van der Waals surface area (Å²) in [4.78, 5) is 4.45. The first-order valence-electron chi connectivity index (χ1n) is 7.79. The number of pyridine rings is 1. The molecular formula is C20H19N. The fraction of sp³-hybridized carbons (Fsp3) is 0.250. The quantitative estimate of drug-likeness (QED) is 0.654. The largest absolute Gasteiger partial charge is 0.256 e. The smallest absolute Gasteiger partial charge is 0.0704 e. The van der Waals surface area contributed by atoms with Gasteiger partial charge < -0.3 is 0 Å². The molecule has 0 radical (unpaired) electrons. The molecule has 1 nitrogen and oxygen atoms in total. The van der Waals surface area contributed by atoms with Gasteiger partial charge in [-0.2, -0.15) is 0 Å². The van der Waals surface area contributed by atoms with Gasteiger partial charge in [-0.05, 0) is 54.4 Å². The molecular weight excluding hydrogens is 254 g/mol. The van der Waals surface area contributed by atoms with Crippen LogP contribution in [0.15, 0.2) is 66.9 Å². The third-order valence-electron chi connectivity index (χ3n) is 4.67. The summed E-state index contributed by atoms with van der Waals surface area (Å²) in [5.41, 5.74) is 4.08. The summed E-state index contributed by atoms with van der Waals surface area (Å²) in [6, 6.07) is 21.6. The number of nitrogens with zero attached hydrogens (tertiary/aromatic N) is 1. The van der Waals surface area contributed by atoms with Crippen molar-refractivity contribution in [2.75, 3.05) is 0 Å². The van der Waals surface area contributed by atoms with E-state index in [1.807, 2.05) is 6.20 Å². The van der Waals surface area contributed by atoms with E-state index in [0.717, 1.165) is 23.8 Å². The maximum absolute atomic E-state index is 4.45. The van der Waals surface area contributed by atoms with Crippen LogP contribution in [0.25, 0.3) is 10.9 Å². The van der Waals surface area contributed by atoms with Gasteiger partial charge in [-0.3, -0.25) is 4.98 Å². The normalized spacial score (nSPS) is 20.6. The second-order valence-electron chi connectivity index (χ2n) is 6.04. The van der Waals surface area contributed by atoms with E-state index in [-0.39, 0.29) is 0 Å². The molecule has 1 aromatic heterocycles. The average molecular weight is 273 g/mol. The summed E-state index contributed by atoms with van der Waals surface area (Å²) in [6.45, 7) is 0. The minimum atomic E-state index is 0.791. The van der Waals surface area contributed by atoms with E-state index in [4.69, 9.17) is 0 Å². The third-order valence-corrected chi connectivity index (χ3v) is 4.67. The molecule has 2 atom stereocenters. The van der Waals surface area contributed by atoms with E-state index in [1.54, 1.807) is 0 Å². The van der Waals surface area contributed by atoms with Crippen LogP contribution in [0.3, 0.4) is 0 Å². The van der Waals surface area contributed by atoms with Crippen LogP contribution in [0.1, 0.15) is 29.9 Å². The number of rotatable bonds is 4. The van der Waals surface area contributed by atoms with Gasteiger partial charge in [-0.15, -0.1) is 0 Å². The molecule has 0 spiro atoms. The van der Waals surface area contributed by atoms with Gasteiger partial charge in [0.05, 0.1) is 5.52 Å². The number of hydrogen-bond acceptors (Lipinski definition) is 1. The van der Waals surface area contributed by atoms with Crippen molar-refractivity contribution in [3.63, 3.8) is 0 Å². The molecule has 0 N–H and O–H groups in total. The summed E-state index contributed by atoms with van der Waals surface area (Å²) in [5, 5.41) is 1.32. The molecule has 2 aromatic carbocycles. The first-order chi connectivity index (χ1) is 10.4. The number of aromatic nitrogens is 1. The van der Waals surface area contributed by atoms with Crippen molar-refractivity contribution in [1.29, 1.82) is 0 Å². The number of hydrogen-bond donors (Lipinski definition) is 0. The predicted octanol–water partition coefficient (Wildman–Crippen LogP) is 4.97. The molecule has 0 bridgehead atoms. The number of fused-ring (bicyclic) bond motifs is 1. The van der Waals surface area contributed by atoms with Crippen LogP contribution in [-0.2, 0) is 6.42 Å². The molecule has 1 unspecified atom stereocenters. The Bertz CT molecular complexity index is 743. The van der Waals surface area contributed by atoms with Gasteiger partial charge in [0.2, 0.25) is 0 Å². The number of para-hydroxylation sites is 1. The van der Waals surface area contributed by atoms with Crippen molar-refractivity contribution in [3.05, 3.63) is 78.0 Å². The molecule has 1 saturated carbocycles. The van der Waals surface area contributed by atoms with Gasteiger partial charge in [0.1, 0.15) is 0 Å². The van der Waals surface area contributed by atoms with Crippen molar-refractivity contribution >= 4 is 10.9 Å². The highest BCUT2D eigenvalue weighted by atomic mass is 14.6.